The minimum Gasteiger partial charge on any atom is -0.390 e. The van der Waals surface area contributed by atoms with Crippen LogP contribution in [-0.4, -0.2) is 32.2 Å². The quantitative estimate of drug-likeness (QED) is 0.362. The van der Waals surface area contributed by atoms with Crippen molar-refractivity contribution in [2.45, 2.75) is 43.4 Å². The summed E-state index contributed by atoms with van der Waals surface area (Å²) in [5, 5.41) is 14.3. The molecule has 0 saturated heterocycles. The molecular formula is C25H27ClF2N2O3S. The minimum atomic E-state index is -4.03. The summed E-state index contributed by atoms with van der Waals surface area (Å²) in [5.74, 6) is -1.56. The molecule has 5 nitrogen and oxygen atoms in total. The van der Waals surface area contributed by atoms with Gasteiger partial charge in [-0.2, -0.15) is 0 Å². The van der Waals surface area contributed by atoms with Crippen molar-refractivity contribution in [3.63, 3.8) is 0 Å². The Morgan fingerprint density at radius 1 is 0.941 bits per heavy atom. The summed E-state index contributed by atoms with van der Waals surface area (Å²) in [5.41, 5.74) is 2.43. The standard InChI is InChI=1S/C25H27ClF2N2O3S/c1-2-17-4-3-5-18(10-17)15-29-16-25(31)24(13-19-11-21(27)14-22(28)12-19)30-34(32,33)23-8-6-20(26)7-9-23/h3-12,14,24-25,29-31H,2,13,15-16H2,1H3. The van der Waals surface area contributed by atoms with Crippen LogP contribution >= 0.6 is 11.6 Å². The highest BCUT2D eigenvalue weighted by atomic mass is 35.5. The third-order valence-corrected chi connectivity index (χ3v) is 7.11. The molecule has 3 rings (SSSR count). The van der Waals surface area contributed by atoms with Gasteiger partial charge in [-0.1, -0.05) is 42.8 Å². The summed E-state index contributed by atoms with van der Waals surface area (Å²) in [6.45, 7) is 2.58. The maximum atomic E-state index is 13.7. The van der Waals surface area contributed by atoms with Crippen molar-refractivity contribution in [2.24, 2.45) is 0 Å². The summed E-state index contributed by atoms with van der Waals surface area (Å²) in [7, 11) is -4.03. The van der Waals surface area contributed by atoms with Gasteiger partial charge in [-0.05, 0) is 65.9 Å². The van der Waals surface area contributed by atoms with Crippen LogP contribution in [0.2, 0.25) is 5.02 Å². The number of aryl methyl sites for hydroxylation is 1. The lowest BCUT2D eigenvalue weighted by Crippen LogP contribution is -2.48. The van der Waals surface area contributed by atoms with Crippen molar-refractivity contribution in [2.75, 3.05) is 6.54 Å². The lowest BCUT2D eigenvalue weighted by atomic mass is 10.0. The van der Waals surface area contributed by atoms with E-state index in [1.807, 2.05) is 18.2 Å². The minimum absolute atomic E-state index is 0.0381. The van der Waals surface area contributed by atoms with Gasteiger partial charge < -0.3 is 10.4 Å². The summed E-state index contributed by atoms with van der Waals surface area (Å²) in [4.78, 5) is -0.0381. The number of hydrogen-bond acceptors (Lipinski definition) is 4. The molecule has 0 aliphatic carbocycles. The Morgan fingerprint density at radius 2 is 1.59 bits per heavy atom. The fraction of sp³-hybridized carbons (Fsp3) is 0.280. The molecule has 9 heteroatoms. The molecule has 34 heavy (non-hydrogen) atoms. The van der Waals surface area contributed by atoms with Gasteiger partial charge in [0.1, 0.15) is 11.6 Å². The second kappa shape index (κ2) is 11.9. The zero-order valence-corrected chi connectivity index (χ0v) is 20.2. The van der Waals surface area contributed by atoms with Crippen LogP contribution in [0.1, 0.15) is 23.6 Å². The molecule has 0 radical (unpaired) electrons. The third kappa shape index (κ3) is 7.58. The number of halogens is 3. The van der Waals surface area contributed by atoms with E-state index in [-0.39, 0.29) is 23.4 Å². The summed E-state index contributed by atoms with van der Waals surface area (Å²) in [6.07, 6.45) is -0.395. The molecule has 2 unspecified atom stereocenters. The van der Waals surface area contributed by atoms with Gasteiger partial charge in [-0.25, -0.2) is 21.9 Å². The predicted molar refractivity (Wildman–Crippen MR) is 129 cm³/mol. The van der Waals surface area contributed by atoms with E-state index in [1.54, 1.807) is 0 Å². The van der Waals surface area contributed by atoms with E-state index in [2.05, 4.69) is 23.0 Å². The van der Waals surface area contributed by atoms with Gasteiger partial charge in [0.15, 0.2) is 0 Å². The molecule has 2 atom stereocenters. The number of aliphatic hydroxyl groups is 1. The normalized spacial score (nSPS) is 13.6. The number of nitrogens with one attached hydrogen (secondary N) is 2. The molecule has 0 aromatic heterocycles. The lowest BCUT2D eigenvalue weighted by Gasteiger charge is -2.25. The molecule has 0 aliphatic heterocycles. The molecule has 182 valence electrons. The molecule has 3 aromatic carbocycles. The first-order chi connectivity index (χ1) is 16.2. The Morgan fingerprint density at radius 3 is 2.24 bits per heavy atom. The SMILES string of the molecule is CCc1cccc(CNCC(O)C(Cc2cc(F)cc(F)c2)NS(=O)(=O)c2ccc(Cl)cc2)c1. The van der Waals surface area contributed by atoms with Gasteiger partial charge in [0, 0.05) is 24.2 Å². The molecule has 0 spiro atoms. The number of aliphatic hydroxyl groups excluding tert-OH is 1. The molecule has 0 bridgehead atoms. The van der Waals surface area contributed by atoms with E-state index in [9.17, 15) is 22.3 Å². The molecule has 3 aromatic rings. The average molecular weight is 509 g/mol. The molecule has 0 heterocycles. The Kier molecular flexibility index (Phi) is 9.16. The van der Waals surface area contributed by atoms with Gasteiger partial charge >= 0.3 is 0 Å². The van der Waals surface area contributed by atoms with Crippen molar-refractivity contribution in [1.82, 2.24) is 10.0 Å². The molecule has 0 amide bonds. The summed E-state index contributed by atoms with van der Waals surface area (Å²) >= 11 is 5.85. The highest BCUT2D eigenvalue weighted by Crippen LogP contribution is 2.17. The van der Waals surface area contributed by atoms with Crippen LogP contribution < -0.4 is 10.0 Å². The van der Waals surface area contributed by atoms with E-state index in [1.165, 1.54) is 29.8 Å². The van der Waals surface area contributed by atoms with Gasteiger partial charge in [0.25, 0.3) is 0 Å². The van der Waals surface area contributed by atoms with Crippen LogP contribution in [0, 0.1) is 11.6 Å². The molecule has 0 saturated carbocycles. The maximum absolute atomic E-state index is 13.7. The van der Waals surface area contributed by atoms with Gasteiger partial charge in [0.05, 0.1) is 17.0 Å². The number of sulfonamides is 1. The monoisotopic (exact) mass is 508 g/mol. The van der Waals surface area contributed by atoms with Crippen LogP contribution in [0.25, 0.3) is 0 Å². The highest BCUT2D eigenvalue weighted by Gasteiger charge is 2.26. The van der Waals surface area contributed by atoms with E-state index in [0.29, 0.717) is 11.6 Å². The second-order valence-corrected chi connectivity index (χ2v) is 10.2. The average Bonchev–Trinajstić information content (AvgIpc) is 2.78. The maximum Gasteiger partial charge on any atom is 0.240 e. The Balaban J connectivity index is 1.76. The number of hydrogen-bond donors (Lipinski definition) is 3. The highest BCUT2D eigenvalue weighted by molar-refractivity contribution is 7.89. The predicted octanol–water partition coefficient (Wildman–Crippen LogP) is 4.22. The van der Waals surface area contributed by atoms with Crippen molar-refractivity contribution < 1.29 is 22.3 Å². The Hall–Kier alpha value is -2.36. The van der Waals surface area contributed by atoms with Gasteiger partial charge in [-0.15, -0.1) is 0 Å². The number of rotatable bonds is 11. The fourth-order valence-corrected chi connectivity index (χ4v) is 4.98. The van der Waals surface area contributed by atoms with Crippen LogP contribution in [0.15, 0.2) is 71.6 Å². The zero-order valence-electron chi connectivity index (χ0n) is 18.6. The second-order valence-electron chi connectivity index (χ2n) is 8.04. The molecule has 0 aliphatic rings. The largest absolute Gasteiger partial charge is 0.390 e. The topological polar surface area (TPSA) is 78.4 Å². The first kappa shape index (κ1) is 26.2. The smallest absolute Gasteiger partial charge is 0.240 e. The van der Waals surface area contributed by atoms with Crippen molar-refractivity contribution in [3.05, 3.63) is 100 Å². The van der Waals surface area contributed by atoms with Crippen LogP contribution in [0.5, 0.6) is 0 Å². The van der Waals surface area contributed by atoms with Crippen LogP contribution in [-0.2, 0) is 29.4 Å². The number of benzene rings is 3. The Bertz CT molecular complexity index is 1190. The molecule has 0 fully saturated rings. The molecule has 3 N–H and O–H groups in total. The van der Waals surface area contributed by atoms with E-state index >= 15 is 0 Å². The van der Waals surface area contributed by atoms with E-state index < -0.39 is 33.8 Å². The first-order valence-corrected chi connectivity index (χ1v) is 12.7. The van der Waals surface area contributed by atoms with Gasteiger partial charge in [-0.3, -0.25) is 0 Å². The third-order valence-electron chi connectivity index (χ3n) is 5.36. The zero-order chi connectivity index (χ0) is 24.7. The van der Waals surface area contributed by atoms with Crippen molar-refractivity contribution in [1.29, 1.82) is 0 Å². The van der Waals surface area contributed by atoms with E-state index in [0.717, 1.165) is 30.2 Å². The Labute approximate surface area is 203 Å². The van der Waals surface area contributed by atoms with E-state index in [4.69, 9.17) is 11.6 Å². The molecular weight excluding hydrogens is 482 g/mol. The summed E-state index contributed by atoms with van der Waals surface area (Å²) in [6, 6.07) is 15.5. The summed E-state index contributed by atoms with van der Waals surface area (Å²) < 4.78 is 55.7. The van der Waals surface area contributed by atoms with Crippen LogP contribution in [0.4, 0.5) is 8.78 Å². The fourth-order valence-electron chi connectivity index (χ4n) is 3.59. The van der Waals surface area contributed by atoms with Crippen molar-refractivity contribution >= 4 is 21.6 Å². The van der Waals surface area contributed by atoms with Crippen LogP contribution in [0.3, 0.4) is 0 Å². The first-order valence-electron chi connectivity index (χ1n) is 10.9. The lowest BCUT2D eigenvalue weighted by molar-refractivity contribution is 0.134. The van der Waals surface area contributed by atoms with Crippen molar-refractivity contribution in [3.8, 4) is 0 Å². The van der Waals surface area contributed by atoms with Gasteiger partial charge in [0.2, 0.25) is 10.0 Å².